The first-order valence-electron chi connectivity index (χ1n) is 4.35. The Balaban J connectivity index is 4.12. The third-order valence-corrected chi connectivity index (χ3v) is 3.05. The molecule has 0 bridgehead atoms. The molecule has 0 fully saturated rings. The van der Waals surface area contributed by atoms with Crippen molar-refractivity contribution in [3.63, 3.8) is 0 Å². The van der Waals surface area contributed by atoms with Gasteiger partial charge in [0.1, 0.15) is 5.75 Å². The Labute approximate surface area is 94.8 Å². The second kappa shape index (κ2) is 4.21. The van der Waals surface area contributed by atoms with E-state index in [1.54, 1.807) is 0 Å². The van der Waals surface area contributed by atoms with Gasteiger partial charge in [-0.05, 0) is 13.3 Å². The molecule has 0 spiro atoms. The second-order valence-electron chi connectivity index (χ2n) is 3.24. The summed E-state index contributed by atoms with van der Waals surface area (Å²) in [5, 5.41) is -1.82. The molecule has 0 aromatic carbocycles. The molecule has 1 unspecified atom stereocenters. The zero-order chi connectivity index (χ0) is 13.1. The van der Waals surface area contributed by atoms with Crippen LogP contribution in [0.15, 0.2) is 0 Å². The standard InChI is InChI=1S/C7H12ClF5O2S/c1-2-15-7(14)4-3-6(8)5-16(9,10,11,12)13/h6H,2-5H2,1H3. The molecule has 0 rings (SSSR count). The number of ether oxygens (including phenoxy) is 1. The number of carbonyl (C=O) groups is 1. The van der Waals surface area contributed by atoms with E-state index >= 15 is 0 Å². The summed E-state index contributed by atoms with van der Waals surface area (Å²) in [7, 11) is -9.49. The van der Waals surface area contributed by atoms with Crippen LogP contribution in [0.1, 0.15) is 19.8 Å². The summed E-state index contributed by atoms with van der Waals surface area (Å²) in [6.07, 6.45) is -0.901. The lowest BCUT2D eigenvalue weighted by molar-refractivity contribution is -0.143. The van der Waals surface area contributed by atoms with E-state index in [0.717, 1.165) is 0 Å². The topological polar surface area (TPSA) is 26.3 Å². The van der Waals surface area contributed by atoms with Crippen LogP contribution in [0.4, 0.5) is 19.4 Å². The van der Waals surface area contributed by atoms with Gasteiger partial charge in [-0.25, -0.2) is 0 Å². The Morgan fingerprint density at radius 1 is 1.31 bits per heavy atom. The number of alkyl halides is 1. The van der Waals surface area contributed by atoms with E-state index < -0.39 is 40.2 Å². The summed E-state index contributed by atoms with van der Waals surface area (Å²) in [4.78, 5) is 10.7. The van der Waals surface area contributed by atoms with Gasteiger partial charge in [0.25, 0.3) is 10.2 Å². The monoisotopic (exact) mass is 290 g/mol. The molecule has 0 saturated carbocycles. The van der Waals surface area contributed by atoms with Gasteiger partial charge in [-0.15, -0.1) is 11.6 Å². The highest BCUT2D eigenvalue weighted by molar-refractivity contribution is 8.45. The minimum Gasteiger partial charge on any atom is -0.466 e. The van der Waals surface area contributed by atoms with Crippen molar-refractivity contribution >= 4 is 27.8 Å². The van der Waals surface area contributed by atoms with Crippen LogP contribution in [0.25, 0.3) is 0 Å². The van der Waals surface area contributed by atoms with Gasteiger partial charge in [0.05, 0.1) is 12.0 Å². The summed E-state index contributed by atoms with van der Waals surface area (Å²) in [6, 6.07) is 0. The van der Waals surface area contributed by atoms with Crippen molar-refractivity contribution in [1.29, 1.82) is 0 Å². The zero-order valence-corrected chi connectivity index (χ0v) is 9.97. The quantitative estimate of drug-likeness (QED) is 0.415. The van der Waals surface area contributed by atoms with Crippen LogP contribution < -0.4 is 0 Å². The van der Waals surface area contributed by atoms with Crippen LogP contribution in [0, 0.1) is 0 Å². The van der Waals surface area contributed by atoms with E-state index in [-0.39, 0.29) is 6.61 Å². The van der Waals surface area contributed by atoms with Crippen molar-refractivity contribution in [2.24, 2.45) is 0 Å². The van der Waals surface area contributed by atoms with Gasteiger partial charge in [-0.3, -0.25) is 4.79 Å². The van der Waals surface area contributed by atoms with E-state index in [1.165, 1.54) is 6.92 Å². The summed E-state index contributed by atoms with van der Waals surface area (Å²) < 4.78 is 64.1. The lowest BCUT2D eigenvalue weighted by Crippen LogP contribution is -2.21. The van der Waals surface area contributed by atoms with Crippen LogP contribution in [-0.2, 0) is 9.53 Å². The van der Waals surface area contributed by atoms with E-state index in [2.05, 4.69) is 4.74 Å². The molecule has 0 N–H and O–H groups in total. The fraction of sp³-hybridized carbons (Fsp3) is 0.857. The van der Waals surface area contributed by atoms with Crippen LogP contribution in [-0.4, -0.2) is 23.7 Å². The predicted octanol–water partition coefficient (Wildman–Crippen LogP) is 4.24. The number of carbonyl (C=O) groups excluding carboxylic acids is 1. The van der Waals surface area contributed by atoms with Crippen LogP contribution >= 0.6 is 21.8 Å². The molecule has 0 amide bonds. The maximum atomic E-state index is 11.9. The molecule has 16 heavy (non-hydrogen) atoms. The van der Waals surface area contributed by atoms with Gasteiger partial charge in [0.2, 0.25) is 0 Å². The van der Waals surface area contributed by atoms with Crippen molar-refractivity contribution in [3.8, 4) is 0 Å². The summed E-state index contributed by atoms with van der Waals surface area (Å²) in [6.45, 7) is 1.60. The summed E-state index contributed by atoms with van der Waals surface area (Å²) in [5.74, 6) is -3.11. The lowest BCUT2D eigenvalue weighted by Gasteiger charge is -2.41. The summed E-state index contributed by atoms with van der Waals surface area (Å²) in [5.41, 5.74) is 0. The summed E-state index contributed by atoms with van der Waals surface area (Å²) >= 11 is 5.11. The Bertz CT molecular complexity index is 264. The third kappa shape index (κ3) is 10.3. The molecule has 1 atom stereocenters. The molecule has 9 heteroatoms. The Hall–Kier alpha value is -0.240. The molecule has 0 saturated heterocycles. The predicted molar refractivity (Wildman–Crippen MR) is 53.5 cm³/mol. The largest absolute Gasteiger partial charge is 0.466 e. The minimum atomic E-state index is -9.49. The maximum absolute atomic E-state index is 11.9. The molecule has 0 heterocycles. The van der Waals surface area contributed by atoms with Crippen molar-refractivity contribution in [1.82, 2.24) is 0 Å². The van der Waals surface area contributed by atoms with Gasteiger partial charge >= 0.3 is 5.97 Å². The number of hydrogen-bond donors (Lipinski definition) is 0. The molecule has 0 aromatic heterocycles. The van der Waals surface area contributed by atoms with E-state index in [9.17, 15) is 24.2 Å². The van der Waals surface area contributed by atoms with Crippen molar-refractivity contribution in [3.05, 3.63) is 0 Å². The number of hydrogen-bond acceptors (Lipinski definition) is 2. The zero-order valence-electron chi connectivity index (χ0n) is 8.40. The Morgan fingerprint density at radius 3 is 2.19 bits per heavy atom. The van der Waals surface area contributed by atoms with Crippen LogP contribution in [0.2, 0.25) is 0 Å². The fourth-order valence-electron chi connectivity index (χ4n) is 0.933. The van der Waals surface area contributed by atoms with Gasteiger partial charge < -0.3 is 4.74 Å². The minimum absolute atomic E-state index is 0.0767. The normalized spacial score (nSPS) is 18.4. The number of rotatable bonds is 6. The first kappa shape index (κ1) is 15.8. The molecule has 2 nitrogen and oxygen atoms in total. The van der Waals surface area contributed by atoms with Crippen molar-refractivity contribution in [2.75, 3.05) is 12.4 Å². The first-order valence-corrected chi connectivity index (χ1v) is 6.91. The molecule has 0 aliphatic rings. The average Bonchev–Trinajstić information content (AvgIpc) is 1.95. The van der Waals surface area contributed by atoms with Gasteiger partial charge in [-0.2, -0.15) is 0 Å². The van der Waals surface area contributed by atoms with E-state index in [4.69, 9.17) is 11.6 Å². The van der Waals surface area contributed by atoms with E-state index in [0.29, 0.717) is 0 Å². The smallest absolute Gasteiger partial charge is 0.305 e. The molecular formula is C7H12ClF5O2S. The highest BCUT2D eigenvalue weighted by atomic mass is 35.5. The maximum Gasteiger partial charge on any atom is 0.305 e. The lowest BCUT2D eigenvalue weighted by atomic mass is 10.2. The van der Waals surface area contributed by atoms with Gasteiger partial charge in [0, 0.05) is 6.42 Å². The Morgan fingerprint density at radius 2 is 1.81 bits per heavy atom. The van der Waals surface area contributed by atoms with Crippen molar-refractivity contribution in [2.45, 2.75) is 25.1 Å². The average molecular weight is 291 g/mol. The highest BCUT2D eigenvalue weighted by Gasteiger charge is 2.63. The molecule has 0 aliphatic carbocycles. The van der Waals surface area contributed by atoms with Crippen LogP contribution in [0.5, 0.6) is 0 Å². The molecule has 0 aromatic rings. The Kier molecular flexibility index (Phi) is 4.15. The van der Waals surface area contributed by atoms with Gasteiger partial charge in [0.15, 0.2) is 0 Å². The molecule has 100 valence electrons. The van der Waals surface area contributed by atoms with Crippen molar-refractivity contribution < 1.29 is 29.0 Å². The SMILES string of the molecule is CCOC(=O)CCC(Cl)CS(F)(F)(F)(F)F. The first-order chi connectivity index (χ1) is 6.82. The molecule has 0 radical (unpaired) electrons. The highest BCUT2D eigenvalue weighted by Crippen LogP contribution is 2.98. The third-order valence-electron chi connectivity index (χ3n) is 1.46. The van der Waals surface area contributed by atoms with Crippen LogP contribution in [0.3, 0.4) is 0 Å². The molecule has 0 aliphatic heterocycles. The number of esters is 1. The number of halogens is 6. The second-order valence-corrected chi connectivity index (χ2v) is 6.44. The van der Waals surface area contributed by atoms with E-state index in [1.807, 2.05) is 0 Å². The molecular weight excluding hydrogens is 279 g/mol. The fourth-order valence-corrected chi connectivity index (χ4v) is 2.61. The van der Waals surface area contributed by atoms with Gasteiger partial charge in [-0.1, -0.05) is 19.4 Å².